The number of halogens is 1. The van der Waals surface area contributed by atoms with Crippen LogP contribution in [0.4, 0.5) is 5.69 Å². The van der Waals surface area contributed by atoms with Gasteiger partial charge in [0.1, 0.15) is 0 Å². The molecule has 2 amide bonds. The lowest BCUT2D eigenvalue weighted by Gasteiger charge is -2.13. The van der Waals surface area contributed by atoms with Crippen LogP contribution in [0.2, 0.25) is 5.02 Å². The van der Waals surface area contributed by atoms with Gasteiger partial charge in [-0.1, -0.05) is 23.7 Å². The number of hydrogen-bond acceptors (Lipinski definition) is 5. The minimum absolute atomic E-state index is 0.120. The predicted molar refractivity (Wildman–Crippen MR) is 98.9 cm³/mol. The summed E-state index contributed by atoms with van der Waals surface area (Å²) in [5, 5.41) is 3.07. The molecule has 132 valence electrons. The van der Waals surface area contributed by atoms with Gasteiger partial charge in [-0.15, -0.1) is 11.8 Å². The van der Waals surface area contributed by atoms with E-state index in [1.807, 2.05) is 6.07 Å². The van der Waals surface area contributed by atoms with E-state index in [-0.39, 0.29) is 16.7 Å². The molecule has 0 atom stereocenters. The van der Waals surface area contributed by atoms with E-state index in [1.54, 1.807) is 24.3 Å². The smallest absolute Gasteiger partial charge is 0.255 e. The molecule has 0 bridgehead atoms. The largest absolute Gasteiger partial charge is 0.493 e. The number of ether oxygens (including phenoxy) is 2. The average Bonchev–Trinajstić information content (AvgIpc) is 2.60. The molecular formula is C17H17ClN2O4S. The molecule has 0 aliphatic carbocycles. The van der Waals surface area contributed by atoms with Crippen molar-refractivity contribution >= 4 is 40.9 Å². The Labute approximate surface area is 154 Å². The lowest BCUT2D eigenvalue weighted by molar-refractivity contribution is -0.115. The topological polar surface area (TPSA) is 90.6 Å². The maximum atomic E-state index is 12.6. The van der Waals surface area contributed by atoms with Crippen LogP contribution < -0.4 is 20.5 Å². The molecule has 3 N–H and O–H groups in total. The summed E-state index contributed by atoms with van der Waals surface area (Å²) < 4.78 is 10.4. The van der Waals surface area contributed by atoms with Crippen molar-refractivity contribution in [2.75, 3.05) is 25.3 Å². The lowest BCUT2D eigenvalue weighted by atomic mass is 10.1. The van der Waals surface area contributed by atoms with Gasteiger partial charge in [-0.05, 0) is 24.3 Å². The second-order valence-electron chi connectivity index (χ2n) is 4.90. The highest BCUT2D eigenvalue weighted by molar-refractivity contribution is 8.00. The van der Waals surface area contributed by atoms with Crippen LogP contribution in [0.3, 0.4) is 0 Å². The minimum Gasteiger partial charge on any atom is -0.493 e. The third-order valence-corrected chi connectivity index (χ3v) is 4.58. The van der Waals surface area contributed by atoms with Gasteiger partial charge in [-0.2, -0.15) is 0 Å². The Morgan fingerprint density at radius 3 is 2.56 bits per heavy atom. The number of amides is 2. The standard InChI is InChI=1S/C17H17ClN2O4S/c1-23-13-8-10(7-11(18)16(13)24-2)17(22)20-12-5-3-4-6-14(12)25-9-15(19)21/h3-8H,9H2,1-2H3,(H2,19,21)(H,20,22). The molecule has 0 fully saturated rings. The molecule has 0 aromatic heterocycles. The number of hydrogen-bond donors (Lipinski definition) is 2. The van der Waals surface area contributed by atoms with E-state index >= 15 is 0 Å². The summed E-state index contributed by atoms with van der Waals surface area (Å²) in [4.78, 5) is 24.3. The molecule has 0 unspecified atom stereocenters. The number of carbonyl (C=O) groups is 2. The number of methoxy groups -OCH3 is 2. The van der Waals surface area contributed by atoms with Crippen molar-refractivity contribution in [2.45, 2.75) is 4.90 Å². The van der Waals surface area contributed by atoms with Crippen LogP contribution >= 0.6 is 23.4 Å². The Morgan fingerprint density at radius 1 is 1.20 bits per heavy atom. The summed E-state index contributed by atoms with van der Waals surface area (Å²) in [6.45, 7) is 0. The van der Waals surface area contributed by atoms with E-state index in [9.17, 15) is 9.59 Å². The minimum atomic E-state index is -0.433. The summed E-state index contributed by atoms with van der Waals surface area (Å²) in [6, 6.07) is 10.2. The summed E-state index contributed by atoms with van der Waals surface area (Å²) in [6.07, 6.45) is 0. The fourth-order valence-electron chi connectivity index (χ4n) is 2.09. The Kier molecular flexibility index (Phi) is 6.55. The molecule has 25 heavy (non-hydrogen) atoms. The number of para-hydroxylation sites is 1. The van der Waals surface area contributed by atoms with Crippen LogP contribution in [0.1, 0.15) is 10.4 Å². The highest BCUT2D eigenvalue weighted by Crippen LogP contribution is 2.36. The van der Waals surface area contributed by atoms with Gasteiger partial charge in [-0.3, -0.25) is 9.59 Å². The van der Waals surface area contributed by atoms with Crippen LogP contribution in [0.15, 0.2) is 41.3 Å². The van der Waals surface area contributed by atoms with Gasteiger partial charge in [-0.25, -0.2) is 0 Å². The van der Waals surface area contributed by atoms with E-state index in [4.69, 9.17) is 26.8 Å². The molecule has 8 heteroatoms. The zero-order valence-corrected chi connectivity index (χ0v) is 15.2. The normalized spacial score (nSPS) is 10.2. The van der Waals surface area contributed by atoms with Crippen LogP contribution in [-0.2, 0) is 4.79 Å². The van der Waals surface area contributed by atoms with E-state index < -0.39 is 5.91 Å². The first-order valence-electron chi connectivity index (χ1n) is 7.19. The monoisotopic (exact) mass is 380 g/mol. The van der Waals surface area contributed by atoms with Crippen LogP contribution in [0.25, 0.3) is 0 Å². The Balaban J connectivity index is 2.26. The van der Waals surface area contributed by atoms with Gasteiger partial charge in [0.15, 0.2) is 11.5 Å². The van der Waals surface area contributed by atoms with Crippen molar-refractivity contribution in [1.29, 1.82) is 0 Å². The molecular weight excluding hydrogens is 364 g/mol. The Hall–Kier alpha value is -2.38. The van der Waals surface area contributed by atoms with E-state index in [0.29, 0.717) is 22.7 Å². The number of nitrogens with two attached hydrogens (primary N) is 1. The molecule has 2 rings (SSSR count). The molecule has 0 aliphatic heterocycles. The van der Waals surface area contributed by atoms with Crippen molar-refractivity contribution < 1.29 is 19.1 Å². The van der Waals surface area contributed by atoms with Crippen molar-refractivity contribution in [2.24, 2.45) is 5.73 Å². The van der Waals surface area contributed by atoms with Crippen LogP contribution in [-0.4, -0.2) is 31.8 Å². The van der Waals surface area contributed by atoms with Gasteiger partial charge in [0.05, 0.1) is 30.7 Å². The number of carbonyl (C=O) groups excluding carboxylic acids is 2. The molecule has 0 aliphatic rings. The first-order valence-corrected chi connectivity index (χ1v) is 8.55. The molecule has 0 saturated heterocycles. The third kappa shape index (κ3) is 4.80. The first kappa shape index (κ1) is 19.0. The summed E-state index contributed by atoms with van der Waals surface area (Å²) >= 11 is 7.39. The predicted octanol–water partition coefficient (Wildman–Crippen LogP) is 3.19. The zero-order valence-electron chi connectivity index (χ0n) is 13.7. The van der Waals surface area contributed by atoms with E-state index in [1.165, 1.54) is 32.0 Å². The van der Waals surface area contributed by atoms with Gasteiger partial charge >= 0.3 is 0 Å². The van der Waals surface area contributed by atoms with Crippen molar-refractivity contribution in [1.82, 2.24) is 0 Å². The highest BCUT2D eigenvalue weighted by atomic mass is 35.5. The number of nitrogens with one attached hydrogen (secondary N) is 1. The average molecular weight is 381 g/mol. The quantitative estimate of drug-likeness (QED) is 0.720. The summed E-state index contributed by atoms with van der Waals surface area (Å²) in [7, 11) is 2.93. The van der Waals surface area contributed by atoms with Crippen LogP contribution in [0, 0.1) is 0 Å². The Bertz CT molecular complexity index is 798. The van der Waals surface area contributed by atoms with Gasteiger partial charge in [0, 0.05) is 10.5 Å². The SMILES string of the molecule is COc1cc(C(=O)Nc2ccccc2SCC(N)=O)cc(Cl)c1OC. The number of rotatable bonds is 7. The fourth-order valence-corrected chi connectivity index (χ4v) is 3.12. The summed E-state index contributed by atoms with van der Waals surface area (Å²) in [5.41, 5.74) is 6.06. The number of benzene rings is 2. The van der Waals surface area contributed by atoms with Crippen LogP contribution in [0.5, 0.6) is 11.5 Å². The van der Waals surface area contributed by atoms with Gasteiger partial charge < -0.3 is 20.5 Å². The van der Waals surface area contributed by atoms with E-state index in [2.05, 4.69) is 5.32 Å². The fraction of sp³-hybridized carbons (Fsp3) is 0.176. The van der Waals surface area contributed by atoms with Gasteiger partial charge in [0.25, 0.3) is 5.91 Å². The molecule has 2 aromatic carbocycles. The number of anilines is 1. The van der Waals surface area contributed by atoms with Crippen molar-refractivity contribution in [3.8, 4) is 11.5 Å². The molecule has 6 nitrogen and oxygen atoms in total. The van der Waals surface area contributed by atoms with E-state index in [0.717, 1.165) is 4.90 Å². The highest BCUT2D eigenvalue weighted by Gasteiger charge is 2.16. The van der Waals surface area contributed by atoms with Crippen molar-refractivity contribution in [3.05, 3.63) is 47.0 Å². The molecule has 0 saturated carbocycles. The zero-order chi connectivity index (χ0) is 18.4. The second kappa shape index (κ2) is 8.64. The maximum Gasteiger partial charge on any atom is 0.255 e. The molecule has 0 radical (unpaired) electrons. The first-order chi connectivity index (χ1) is 12.0. The Morgan fingerprint density at radius 2 is 1.92 bits per heavy atom. The summed E-state index contributed by atoms with van der Waals surface area (Å²) in [5.74, 6) is 0.0390. The molecule has 2 aromatic rings. The lowest BCUT2D eigenvalue weighted by Crippen LogP contribution is -2.15. The molecule has 0 spiro atoms. The second-order valence-corrected chi connectivity index (χ2v) is 6.32. The van der Waals surface area contributed by atoms with Crippen molar-refractivity contribution in [3.63, 3.8) is 0 Å². The number of primary amides is 1. The third-order valence-electron chi connectivity index (χ3n) is 3.20. The van der Waals surface area contributed by atoms with Gasteiger partial charge in [0.2, 0.25) is 5.91 Å². The maximum absolute atomic E-state index is 12.6. The number of thioether (sulfide) groups is 1. The molecule has 0 heterocycles.